The van der Waals surface area contributed by atoms with E-state index in [-0.39, 0.29) is 17.4 Å². The zero-order valence-corrected chi connectivity index (χ0v) is 26.7. The summed E-state index contributed by atoms with van der Waals surface area (Å²) in [7, 11) is 0. The number of halogens is 1. The second-order valence-corrected chi connectivity index (χ2v) is 11.4. The van der Waals surface area contributed by atoms with Crippen molar-refractivity contribution in [3.05, 3.63) is 83.7 Å². The van der Waals surface area contributed by atoms with Gasteiger partial charge in [-0.1, -0.05) is 109 Å². The van der Waals surface area contributed by atoms with E-state index in [0.717, 1.165) is 74.5 Å². The van der Waals surface area contributed by atoms with Crippen molar-refractivity contribution < 1.29 is 28.2 Å². The van der Waals surface area contributed by atoms with E-state index in [1.807, 2.05) is 36.4 Å². The fourth-order valence-corrected chi connectivity index (χ4v) is 5.01. The van der Waals surface area contributed by atoms with Gasteiger partial charge in [0.05, 0.1) is 17.7 Å². The van der Waals surface area contributed by atoms with Gasteiger partial charge in [-0.25, -0.2) is 14.0 Å². The van der Waals surface area contributed by atoms with Crippen LogP contribution in [0.2, 0.25) is 0 Å². The molecule has 0 bridgehead atoms. The molecule has 0 fully saturated rings. The van der Waals surface area contributed by atoms with E-state index in [1.165, 1.54) is 50.7 Å². The SMILES string of the molecule is CCCCCCCCCOc1ccc(-c2ccc(C(=O)Oc3ccc(C(=O)OC(CCCC)CCCC)cc3F)cc2)cc1. The molecule has 0 aliphatic rings. The van der Waals surface area contributed by atoms with Crippen LogP contribution in [0.25, 0.3) is 11.1 Å². The Kier molecular flexibility index (Phi) is 15.5. The van der Waals surface area contributed by atoms with Crippen LogP contribution in [0.1, 0.15) is 125 Å². The standard InChI is InChI=1S/C38H49FO5/c1-4-7-10-11-12-13-14-27-42-33-24-21-30(22-25-33)29-17-19-31(20-18-29)37(40)44-36-26-23-32(28-35(36)39)38(41)43-34(15-8-5-2)16-9-6-3/h17-26,28,34H,4-16,27H2,1-3H3. The Morgan fingerprint density at radius 3 is 1.77 bits per heavy atom. The lowest BCUT2D eigenvalue weighted by molar-refractivity contribution is 0.0250. The summed E-state index contributed by atoms with van der Waals surface area (Å²) < 4.78 is 31.7. The molecule has 0 aromatic heterocycles. The number of carbonyl (C=O) groups excluding carboxylic acids is 2. The van der Waals surface area contributed by atoms with Crippen molar-refractivity contribution in [3.63, 3.8) is 0 Å². The van der Waals surface area contributed by atoms with Crippen molar-refractivity contribution in [2.75, 3.05) is 6.61 Å². The zero-order chi connectivity index (χ0) is 31.6. The minimum absolute atomic E-state index is 0.0962. The lowest BCUT2D eigenvalue weighted by Gasteiger charge is -2.17. The number of unbranched alkanes of at least 4 members (excludes halogenated alkanes) is 8. The highest BCUT2D eigenvalue weighted by molar-refractivity contribution is 5.92. The van der Waals surface area contributed by atoms with Gasteiger partial charge in [0.1, 0.15) is 11.9 Å². The highest BCUT2D eigenvalue weighted by atomic mass is 19.1. The van der Waals surface area contributed by atoms with E-state index in [2.05, 4.69) is 20.8 Å². The van der Waals surface area contributed by atoms with Gasteiger partial charge in [-0.15, -0.1) is 0 Å². The van der Waals surface area contributed by atoms with Gasteiger partial charge in [-0.2, -0.15) is 0 Å². The van der Waals surface area contributed by atoms with Gasteiger partial charge in [-0.05, 0) is 72.9 Å². The van der Waals surface area contributed by atoms with Crippen LogP contribution in [0.5, 0.6) is 11.5 Å². The van der Waals surface area contributed by atoms with Crippen LogP contribution >= 0.6 is 0 Å². The molecule has 0 radical (unpaired) electrons. The van der Waals surface area contributed by atoms with Gasteiger partial charge in [0.2, 0.25) is 0 Å². The van der Waals surface area contributed by atoms with E-state index in [9.17, 15) is 14.0 Å². The first-order chi connectivity index (χ1) is 21.4. The van der Waals surface area contributed by atoms with E-state index >= 15 is 0 Å². The molecule has 0 atom stereocenters. The van der Waals surface area contributed by atoms with Gasteiger partial charge in [0, 0.05) is 0 Å². The number of ether oxygens (including phenoxy) is 3. The first-order valence-electron chi connectivity index (χ1n) is 16.5. The number of hydrogen-bond acceptors (Lipinski definition) is 5. The summed E-state index contributed by atoms with van der Waals surface area (Å²) >= 11 is 0. The van der Waals surface area contributed by atoms with Gasteiger partial charge in [0.15, 0.2) is 11.6 Å². The van der Waals surface area contributed by atoms with Crippen molar-refractivity contribution in [2.45, 2.75) is 110 Å². The molecule has 0 saturated heterocycles. The summed E-state index contributed by atoms with van der Waals surface area (Å²) in [6.07, 6.45) is 14.1. The Morgan fingerprint density at radius 1 is 0.636 bits per heavy atom. The maximum absolute atomic E-state index is 14.8. The van der Waals surface area contributed by atoms with Crippen LogP contribution < -0.4 is 9.47 Å². The van der Waals surface area contributed by atoms with Crippen LogP contribution in [0, 0.1) is 5.82 Å². The fraction of sp³-hybridized carbons (Fsp3) is 0.474. The molecule has 6 heteroatoms. The Labute approximate surface area is 263 Å². The minimum atomic E-state index is -0.794. The van der Waals surface area contributed by atoms with E-state index in [0.29, 0.717) is 5.56 Å². The summed E-state index contributed by atoms with van der Waals surface area (Å²) in [6, 6.07) is 18.6. The molecule has 44 heavy (non-hydrogen) atoms. The number of hydrogen-bond donors (Lipinski definition) is 0. The highest BCUT2D eigenvalue weighted by Crippen LogP contribution is 2.25. The van der Waals surface area contributed by atoms with Crippen LogP contribution in [0.15, 0.2) is 66.7 Å². The number of esters is 2. The average Bonchev–Trinajstić information content (AvgIpc) is 3.04. The Balaban J connectivity index is 1.50. The van der Waals surface area contributed by atoms with E-state index in [4.69, 9.17) is 14.2 Å². The largest absolute Gasteiger partial charge is 0.494 e. The van der Waals surface area contributed by atoms with Crippen LogP contribution in [0.4, 0.5) is 4.39 Å². The van der Waals surface area contributed by atoms with Crippen LogP contribution in [-0.2, 0) is 4.74 Å². The van der Waals surface area contributed by atoms with Gasteiger partial charge in [-0.3, -0.25) is 0 Å². The third-order valence-corrected chi connectivity index (χ3v) is 7.73. The second kappa shape index (κ2) is 19.6. The molecule has 3 aromatic rings. The molecule has 0 aliphatic heterocycles. The van der Waals surface area contributed by atoms with Gasteiger partial charge >= 0.3 is 11.9 Å². The number of rotatable bonds is 20. The number of benzene rings is 3. The predicted molar refractivity (Wildman–Crippen MR) is 175 cm³/mol. The Bertz CT molecular complexity index is 1260. The molecule has 238 valence electrons. The lowest BCUT2D eigenvalue weighted by Crippen LogP contribution is -2.19. The first-order valence-corrected chi connectivity index (χ1v) is 16.5. The predicted octanol–water partition coefficient (Wildman–Crippen LogP) is 10.7. The van der Waals surface area contributed by atoms with Crippen molar-refractivity contribution in [1.29, 1.82) is 0 Å². The summed E-state index contributed by atoms with van der Waals surface area (Å²) in [5.74, 6) is -1.44. The Hall–Kier alpha value is -3.67. The third kappa shape index (κ3) is 11.8. The molecule has 0 heterocycles. The zero-order valence-electron chi connectivity index (χ0n) is 26.7. The molecule has 0 N–H and O–H groups in total. The summed E-state index contributed by atoms with van der Waals surface area (Å²) in [6.45, 7) is 7.14. The molecule has 0 aliphatic carbocycles. The van der Waals surface area contributed by atoms with Gasteiger partial charge in [0.25, 0.3) is 0 Å². The van der Waals surface area contributed by atoms with Crippen molar-refractivity contribution in [1.82, 2.24) is 0 Å². The second-order valence-electron chi connectivity index (χ2n) is 11.4. The van der Waals surface area contributed by atoms with E-state index < -0.39 is 17.8 Å². The minimum Gasteiger partial charge on any atom is -0.494 e. The summed E-state index contributed by atoms with van der Waals surface area (Å²) in [5, 5.41) is 0. The normalized spacial score (nSPS) is 11.0. The topological polar surface area (TPSA) is 61.8 Å². The van der Waals surface area contributed by atoms with E-state index in [1.54, 1.807) is 12.1 Å². The summed E-state index contributed by atoms with van der Waals surface area (Å²) in [5.41, 5.74) is 2.32. The fourth-order valence-electron chi connectivity index (χ4n) is 5.01. The smallest absolute Gasteiger partial charge is 0.343 e. The first kappa shape index (κ1) is 34.8. The van der Waals surface area contributed by atoms with Crippen LogP contribution in [-0.4, -0.2) is 24.6 Å². The monoisotopic (exact) mass is 604 g/mol. The molecule has 0 saturated carbocycles. The van der Waals surface area contributed by atoms with Crippen molar-refractivity contribution in [2.24, 2.45) is 0 Å². The molecule has 0 unspecified atom stereocenters. The lowest BCUT2D eigenvalue weighted by atomic mass is 10.0. The molecule has 0 spiro atoms. The molecule has 5 nitrogen and oxygen atoms in total. The average molecular weight is 605 g/mol. The Morgan fingerprint density at radius 2 is 1.18 bits per heavy atom. The van der Waals surface area contributed by atoms with Crippen molar-refractivity contribution >= 4 is 11.9 Å². The molecular weight excluding hydrogens is 555 g/mol. The quantitative estimate of drug-likeness (QED) is 0.0729. The van der Waals surface area contributed by atoms with Crippen molar-refractivity contribution in [3.8, 4) is 22.6 Å². The number of carbonyl (C=O) groups is 2. The highest BCUT2D eigenvalue weighted by Gasteiger charge is 2.19. The molecule has 3 rings (SSSR count). The maximum atomic E-state index is 14.8. The summed E-state index contributed by atoms with van der Waals surface area (Å²) in [4.78, 5) is 25.4. The molecule has 3 aromatic carbocycles. The van der Waals surface area contributed by atoms with Crippen LogP contribution in [0.3, 0.4) is 0 Å². The molecular formula is C38H49FO5. The molecule has 0 amide bonds. The maximum Gasteiger partial charge on any atom is 0.343 e. The van der Waals surface area contributed by atoms with Gasteiger partial charge < -0.3 is 14.2 Å². The third-order valence-electron chi connectivity index (χ3n) is 7.73.